The maximum atomic E-state index is 15.9. The van der Waals surface area contributed by atoms with Crippen LogP contribution in [-0.4, -0.2) is 49.8 Å². The summed E-state index contributed by atoms with van der Waals surface area (Å²) in [6, 6.07) is 7.22. The summed E-state index contributed by atoms with van der Waals surface area (Å²) in [5.74, 6) is -3.71. The number of sulfonamides is 1. The minimum atomic E-state index is -3.63. The zero-order valence-corrected chi connectivity index (χ0v) is 18.9. The number of alkyl halides is 2. The molecule has 1 amide bonds. The van der Waals surface area contributed by atoms with E-state index in [0.717, 1.165) is 17.0 Å². The van der Waals surface area contributed by atoms with Crippen LogP contribution in [-0.2, 0) is 20.5 Å². The van der Waals surface area contributed by atoms with E-state index in [1.54, 1.807) is 0 Å². The van der Waals surface area contributed by atoms with Crippen molar-refractivity contribution in [1.82, 2.24) is 9.62 Å². The average Bonchev–Trinajstić information content (AvgIpc) is 3.44. The van der Waals surface area contributed by atoms with Gasteiger partial charge in [-0.3, -0.25) is 4.79 Å². The van der Waals surface area contributed by atoms with Gasteiger partial charge >= 0.3 is 0 Å². The lowest BCUT2D eigenvalue weighted by Gasteiger charge is -2.47. The number of halogens is 4. The summed E-state index contributed by atoms with van der Waals surface area (Å²) in [5, 5.41) is 0. The molecule has 1 unspecified atom stereocenters. The number of rotatable bonds is 7. The molecule has 1 saturated heterocycles. The minimum Gasteiger partial charge on any atom is -0.332 e. The van der Waals surface area contributed by atoms with Gasteiger partial charge in [0.05, 0.1) is 29.8 Å². The summed E-state index contributed by atoms with van der Waals surface area (Å²) in [7, 11) is -3.63. The number of amides is 1. The van der Waals surface area contributed by atoms with Crippen LogP contribution in [0.3, 0.4) is 0 Å². The Morgan fingerprint density at radius 1 is 1.18 bits per heavy atom. The predicted octanol–water partition coefficient (Wildman–Crippen LogP) is 3.69. The first-order chi connectivity index (χ1) is 15.5. The molecule has 5 atom stereocenters. The molecule has 0 aromatic heterocycles. The van der Waals surface area contributed by atoms with Gasteiger partial charge in [0.25, 0.3) is 0 Å². The average molecular weight is 485 g/mol. The molecule has 2 aromatic rings. The maximum absolute atomic E-state index is 15.9. The van der Waals surface area contributed by atoms with Gasteiger partial charge in [0.15, 0.2) is 0 Å². The third-order valence-electron chi connectivity index (χ3n) is 6.44. The minimum absolute atomic E-state index is 0.0125. The summed E-state index contributed by atoms with van der Waals surface area (Å²) < 4.78 is 85.0. The Morgan fingerprint density at radius 3 is 2.42 bits per heavy atom. The van der Waals surface area contributed by atoms with E-state index in [1.807, 2.05) is 0 Å². The van der Waals surface area contributed by atoms with Crippen molar-refractivity contribution in [3.8, 4) is 11.1 Å². The van der Waals surface area contributed by atoms with Crippen molar-refractivity contribution in [3.05, 3.63) is 59.7 Å². The SMILES string of the molecule is CCS(=O)(=O)NC(C)[C@@H]1[C@H](F)CN1C(=O)[C@@H]1C[C@@]1(F)c1ccccc1-c1c(F)cccc1F. The Labute approximate surface area is 189 Å². The van der Waals surface area contributed by atoms with Crippen LogP contribution in [0, 0.1) is 17.6 Å². The first-order valence-corrected chi connectivity index (χ1v) is 12.3. The third kappa shape index (κ3) is 4.14. The predicted molar refractivity (Wildman–Crippen MR) is 115 cm³/mol. The third-order valence-corrected chi connectivity index (χ3v) is 7.93. The first-order valence-electron chi connectivity index (χ1n) is 10.7. The Hall–Kier alpha value is -2.46. The Morgan fingerprint density at radius 2 is 1.82 bits per heavy atom. The topological polar surface area (TPSA) is 66.5 Å². The van der Waals surface area contributed by atoms with Crippen molar-refractivity contribution in [2.45, 2.75) is 44.2 Å². The molecule has 2 aromatic carbocycles. The molecule has 1 aliphatic carbocycles. The monoisotopic (exact) mass is 484 g/mol. The Balaban J connectivity index is 1.58. The zero-order valence-electron chi connectivity index (χ0n) is 18.1. The molecule has 0 spiro atoms. The fourth-order valence-corrected chi connectivity index (χ4v) is 5.44. The number of nitrogens with one attached hydrogen (secondary N) is 1. The van der Waals surface area contributed by atoms with Gasteiger partial charge in [-0.05, 0) is 37.1 Å². The van der Waals surface area contributed by atoms with Crippen molar-refractivity contribution >= 4 is 15.9 Å². The van der Waals surface area contributed by atoms with E-state index in [1.165, 1.54) is 44.2 Å². The second kappa shape index (κ2) is 8.39. The molecule has 0 bridgehead atoms. The summed E-state index contributed by atoms with van der Waals surface area (Å²) in [4.78, 5) is 14.2. The molecule has 1 saturated carbocycles. The highest BCUT2D eigenvalue weighted by atomic mass is 32.2. The molecule has 33 heavy (non-hydrogen) atoms. The van der Waals surface area contributed by atoms with Crippen LogP contribution in [0.5, 0.6) is 0 Å². The molecule has 1 aliphatic heterocycles. The fourth-order valence-electron chi connectivity index (χ4n) is 4.57. The van der Waals surface area contributed by atoms with Crippen LogP contribution in [0.25, 0.3) is 11.1 Å². The second-order valence-corrected chi connectivity index (χ2v) is 10.6. The van der Waals surface area contributed by atoms with Crippen molar-refractivity contribution in [3.63, 3.8) is 0 Å². The zero-order chi connectivity index (χ0) is 24.1. The van der Waals surface area contributed by atoms with Crippen molar-refractivity contribution < 1.29 is 30.8 Å². The molecular weight excluding hydrogens is 460 g/mol. The number of hydrogen-bond acceptors (Lipinski definition) is 3. The van der Waals surface area contributed by atoms with Crippen molar-refractivity contribution in [2.75, 3.05) is 12.3 Å². The molecule has 0 radical (unpaired) electrons. The van der Waals surface area contributed by atoms with E-state index >= 15 is 4.39 Å². The molecule has 4 rings (SSSR count). The summed E-state index contributed by atoms with van der Waals surface area (Å²) in [6.07, 6.45) is -1.66. The van der Waals surface area contributed by atoms with Crippen LogP contribution in [0.1, 0.15) is 25.8 Å². The maximum Gasteiger partial charge on any atom is 0.229 e. The van der Waals surface area contributed by atoms with Gasteiger partial charge in [-0.25, -0.2) is 30.7 Å². The van der Waals surface area contributed by atoms with Gasteiger partial charge in [0.2, 0.25) is 15.9 Å². The first kappa shape index (κ1) is 23.7. The number of carbonyl (C=O) groups is 1. The van der Waals surface area contributed by atoms with Gasteiger partial charge in [0.1, 0.15) is 23.5 Å². The van der Waals surface area contributed by atoms with Crippen LogP contribution in [0.4, 0.5) is 17.6 Å². The van der Waals surface area contributed by atoms with E-state index < -0.39 is 57.4 Å². The second-order valence-electron chi connectivity index (χ2n) is 8.57. The quantitative estimate of drug-likeness (QED) is 0.610. The van der Waals surface area contributed by atoms with Crippen molar-refractivity contribution in [2.24, 2.45) is 5.92 Å². The van der Waals surface area contributed by atoms with Crippen LogP contribution in [0.2, 0.25) is 0 Å². The lowest BCUT2D eigenvalue weighted by atomic mass is 9.91. The van der Waals surface area contributed by atoms with Crippen LogP contribution < -0.4 is 4.72 Å². The van der Waals surface area contributed by atoms with E-state index in [9.17, 15) is 26.4 Å². The summed E-state index contributed by atoms with van der Waals surface area (Å²) >= 11 is 0. The van der Waals surface area contributed by atoms with E-state index in [4.69, 9.17) is 0 Å². The number of hydrogen-bond donors (Lipinski definition) is 1. The number of nitrogens with zero attached hydrogens (tertiary/aromatic N) is 1. The molecule has 10 heteroatoms. The van der Waals surface area contributed by atoms with Crippen LogP contribution >= 0.6 is 0 Å². The largest absolute Gasteiger partial charge is 0.332 e. The standard InChI is InChI=1S/C23H24F4N2O3S/c1-3-33(31,32)28-13(2)21-19(26)12-29(21)22(30)16-11-23(16,27)15-8-5-4-7-14(15)20-17(24)9-6-10-18(20)25/h4-10,13,16,19,21,28H,3,11-12H2,1-2H3/t13?,16-,19+,21+,23+/m0/s1. The molecule has 1 N–H and O–H groups in total. The van der Waals surface area contributed by atoms with Gasteiger partial charge < -0.3 is 4.90 Å². The van der Waals surface area contributed by atoms with Crippen molar-refractivity contribution in [1.29, 1.82) is 0 Å². The number of likely N-dealkylation sites (tertiary alicyclic amines) is 1. The van der Waals surface area contributed by atoms with E-state index in [0.29, 0.717) is 0 Å². The normalized spacial score (nSPS) is 27.7. The lowest BCUT2D eigenvalue weighted by molar-refractivity contribution is -0.149. The van der Waals surface area contributed by atoms with Gasteiger partial charge in [-0.2, -0.15) is 0 Å². The molecule has 2 fully saturated rings. The Kier molecular flexibility index (Phi) is 6.03. The Bertz CT molecular complexity index is 1170. The van der Waals surface area contributed by atoms with Gasteiger partial charge in [-0.1, -0.05) is 30.3 Å². The van der Waals surface area contributed by atoms with E-state index in [2.05, 4.69) is 4.72 Å². The molecule has 178 valence electrons. The highest BCUT2D eigenvalue weighted by Crippen LogP contribution is 2.59. The van der Waals surface area contributed by atoms with Gasteiger partial charge in [-0.15, -0.1) is 0 Å². The molecule has 2 aliphatic rings. The van der Waals surface area contributed by atoms with Gasteiger partial charge in [0, 0.05) is 12.5 Å². The number of benzene rings is 2. The highest BCUT2D eigenvalue weighted by molar-refractivity contribution is 7.89. The molecule has 1 heterocycles. The highest BCUT2D eigenvalue weighted by Gasteiger charge is 2.64. The lowest BCUT2D eigenvalue weighted by Crippen LogP contribution is -2.68. The smallest absolute Gasteiger partial charge is 0.229 e. The number of carbonyl (C=O) groups excluding carboxylic acids is 1. The van der Waals surface area contributed by atoms with Crippen LogP contribution in [0.15, 0.2) is 42.5 Å². The molecular formula is C23H24F4N2O3S. The summed E-state index contributed by atoms with van der Waals surface area (Å²) in [5.41, 5.74) is -2.54. The van der Waals surface area contributed by atoms with E-state index in [-0.39, 0.29) is 35.4 Å². The molecule has 5 nitrogen and oxygen atoms in total. The summed E-state index contributed by atoms with van der Waals surface area (Å²) in [6.45, 7) is 2.62. The fraction of sp³-hybridized carbons (Fsp3) is 0.435.